The van der Waals surface area contributed by atoms with Crippen LogP contribution < -0.4 is 0 Å². The second-order valence-electron chi connectivity index (χ2n) is 3.22. The number of rotatable bonds is 9. The van der Waals surface area contributed by atoms with Crippen molar-refractivity contribution >= 4 is 42.4 Å². The first-order chi connectivity index (χ1) is 8.31. The van der Waals surface area contributed by atoms with Crippen molar-refractivity contribution in [3.8, 4) is 0 Å². The lowest BCUT2D eigenvalue weighted by Gasteiger charge is -2.29. The summed E-state index contributed by atoms with van der Waals surface area (Å²) in [5.41, 5.74) is 0. The fourth-order valence-electron chi connectivity index (χ4n) is 1.13. The van der Waals surface area contributed by atoms with E-state index in [-0.39, 0.29) is 6.61 Å². The summed E-state index contributed by atoms with van der Waals surface area (Å²) in [6.45, 7) is 3.22. The third-order valence-electron chi connectivity index (χ3n) is 1.99. The summed E-state index contributed by atoms with van der Waals surface area (Å²) in [5.74, 6) is -1.29. The monoisotopic (exact) mass is 342 g/mol. The maximum atomic E-state index is 12.2. The Bertz CT molecular complexity index is 263. The standard InChI is InChI=1S/C9H18Cl3O5P/c1-4-16-6-5-7-17-8(9(10,11)12)18(13,14-2)15-3/h8H,4-7H2,1-3H3. The summed E-state index contributed by atoms with van der Waals surface area (Å²) in [7, 11) is -1.22. The molecule has 0 aliphatic rings. The maximum Gasteiger partial charge on any atom is 0.363 e. The molecule has 0 heterocycles. The Morgan fingerprint density at radius 1 is 1.17 bits per heavy atom. The molecule has 0 aromatic carbocycles. The fraction of sp³-hybridized carbons (Fsp3) is 1.00. The van der Waals surface area contributed by atoms with E-state index in [2.05, 4.69) is 0 Å². The van der Waals surface area contributed by atoms with Gasteiger partial charge in [-0.15, -0.1) is 0 Å². The van der Waals surface area contributed by atoms with E-state index in [1.807, 2.05) is 6.92 Å². The van der Waals surface area contributed by atoms with Crippen molar-refractivity contribution < 1.29 is 23.1 Å². The fourth-order valence-corrected chi connectivity index (χ4v) is 3.57. The molecule has 0 aromatic rings. The SMILES string of the molecule is CCOCCCOC(C(Cl)(Cl)Cl)P(=O)(OC)OC. The number of ether oxygens (including phenoxy) is 2. The first kappa shape index (κ1) is 18.9. The van der Waals surface area contributed by atoms with Gasteiger partial charge in [0.2, 0.25) is 9.64 Å². The van der Waals surface area contributed by atoms with Crippen LogP contribution in [0.1, 0.15) is 13.3 Å². The molecule has 0 aliphatic heterocycles. The van der Waals surface area contributed by atoms with Crippen molar-refractivity contribution in [1.82, 2.24) is 0 Å². The van der Waals surface area contributed by atoms with Crippen LogP contribution in [-0.2, 0) is 23.1 Å². The topological polar surface area (TPSA) is 54.0 Å². The van der Waals surface area contributed by atoms with Crippen molar-refractivity contribution in [2.75, 3.05) is 34.0 Å². The third kappa shape index (κ3) is 6.40. The Kier molecular flexibility index (Phi) is 9.45. The Labute approximate surface area is 122 Å². The molecular weight excluding hydrogens is 325 g/mol. The van der Waals surface area contributed by atoms with E-state index in [9.17, 15) is 4.57 Å². The molecule has 0 fully saturated rings. The predicted molar refractivity (Wildman–Crippen MR) is 72.8 cm³/mol. The van der Waals surface area contributed by atoms with Crippen LogP contribution in [0, 0.1) is 0 Å². The predicted octanol–water partition coefficient (Wildman–Crippen LogP) is 3.61. The molecular formula is C9H18Cl3O5P. The minimum atomic E-state index is -3.63. The number of alkyl halides is 3. The first-order valence-electron chi connectivity index (χ1n) is 5.29. The smallest absolute Gasteiger partial charge is 0.363 e. The van der Waals surface area contributed by atoms with Gasteiger partial charge in [-0.25, -0.2) is 0 Å². The second kappa shape index (κ2) is 8.98. The normalized spacial score (nSPS) is 14.8. The molecule has 0 bridgehead atoms. The van der Waals surface area contributed by atoms with Crippen molar-refractivity contribution in [3.05, 3.63) is 0 Å². The van der Waals surface area contributed by atoms with Gasteiger partial charge in [0.25, 0.3) is 0 Å². The summed E-state index contributed by atoms with van der Waals surface area (Å²) in [6.07, 6.45) is 0.582. The van der Waals surface area contributed by atoms with Gasteiger partial charge in [-0.2, -0.15) is 0 Å². The molecule has 0 radical (unpaired) electrons. The second-order valence-corrected chi connectivity index (χ2v) is 7.87. The van der Waals surface area contributed by atoms with Gasteiger partial charge in [0, 0.05) is 27.4 Å². The van der Waals surface area contributed by atoms with Gasteiger partial charge in [-0.1, -0.05) is 34.8 Å². The zero-order valence-electron chi connectivity index (χ0n) is 10.5. The average molecular weight is 344 g/mol. The first-order valence-corrected chi connectivity index (χ1v) is 8.03. The van der Waals surface area contributed by atoms with Gasteiger partial charge in [0.1, 0.15) is 0 Å². The van der Waals surface area contributed by atoms with Gasteiger partial charge < -0.3 is 18.5 Å². The minimum Gasteiger partial charge on any atom is -0.382 e. The molecule has 0 saturated carbocycles. The van der Waals surface area contributed by atoms with Gasteiger partial charge >= 0.3 is 7.60 Å². The summed E-state index contributed by atoms with van der Waals surface area (Å²) in [5, 5.41) is 0. The van der Waals surface area contributed by atoms with Crippen LogP contribution in [-0.4, -0.2) is 43.7 Å². The van der Waals surface area contributed by atoms with Crippen LogP contribution in [0.15, 0.2) is 0 Å². The van der Waals surface area contributed by atoms with Gasteiger partial charge in [0.05, 0.1) is 6.61 Å². The molecule has 0 spiro atoms. The highest BCUT2D eigenvalue weighted by molar-refractivity contribution is 7.55. The Morgan fingerprint density at radius 2 is 1.72 bits per heavy atom. The molecule has 0 amide bonds. The molecule has 9 heteroatoms. The van der Waals surface area contributed by atoms with Gasteiger partial charge in [-0.3, -0.25) is 4.57 Å². The van der Waals surface area contributed by atoms with E-state index in [0.717, 1.165) is 0 Å². The number of hydrogen-bond acceptors (Lipinski definition) is 5. The van der Waals surface area contributed by atoms with Crippen LogP contribution in [0.5, 0.6) is 0 Å². The van der Waals surface area contributed by atoms with Gasteiger partial charge in [0.15, 0.2) is 0 Å². The van der Waals surface area contributed by atoms with Crippen molar-refractivity contribution in [2.24, 2.45) is 0 Å². The van der Waals surface area contributed by atoms with Crippen LogP contribution in [0.25, 0.3) is 0 Å². The number of halogens is 3. The highest BCUT2D eigenvalue weighted by Gasteiger charge is 2.49. The van der Waals surface area contributed by atoms with Crippen molar-refractivity contribution in [1.29, 1.82) is 0 Å². The largest absolute Gasteiger partial charge is 0.382 e. The molecule has 0 N–H and O–H groups in total. The van der Waals surface area contributed by atoms with E-state index in [0.29, 0.717) is 19.6 Å². The molecule has 110 valence electrons. The summed E-state index contributed by atoms with van der Waals surface area (Å²) in [6, 6.07) is 0. The van der Waals surface area contributed by atoms with Crippen molar-refractivity contribution in [3.63, 3.8) is 0 Å². The third-order valence-corrected chi connectivity index (χ3v) is 5.17. The number of hydrogen-bond donors (Lipinski definition) is 0. The highest BCUT2D eigenvalue weighted by atomic mass is 35.6. The van der Waals surface area contributed by atoms with Crippen LogP contribution in [0.4, 0.5) is 0 Å². The van der Waals surface area contributed by atoms with E-state index >= 15 is 0 Å². The summed E-state index contributed by atoms with van der Waals surface area (Å²) >= 11 is 17.2. The molecule has 0 aliphatic carbocycles. The van der Waals surface area contributed by atoms with Crippen LogP contribution >= 0.6 is 42.4 Å². The molecule has 1 atom stereocenters. The zero-order valence-corrected chi connectivity index (χ0v) is 13.7. The maximum absolute atomic E-state index is 12.2. The Morgan fingerprint density at radius 3 is 2.11 bits per heavy atom. The Hall–Kier alpha value is 0.940. The highest BCUT2D eigenvalue weighted by Crippen LogP contribution is 2.59. The van der Waals surface area contributed by atoms with E-state index < -0.39 is 17.2 Å². The molecule has 0 saturated heterocycles. The van der Waals surface area contributed by atoms with E-state index in [1.54, 1.807) is 0 Å². The molecule has 0 rings (SSSR count). The zero-order chi connectivity index (χ0) is 14.2. The lowest BCUT2D eigenvalue weighted by Crippen LogP contribution is -2.30. The summed E-state index contributed by atoms with van der Waals surface area (Å²) in [4.78, 5) is 0. The van der Waals surface area contributed by atoms with Gasteiger partial charge in [-0.05, 0) is 13.3 Å². The quantitative estimate of drug-likeness (QED) is 0.364. The van der Waals surface area contributed by atoms with Crippen molar-refractivity contribution in [2.45, 2.75) is 23.0 Å². The van der Waals surface area contributed by atoms with Crippen LogP contribution in [0.3, 0.4) is 0 Å². The molecule has 5 nitrogen and oxygen atoms in total. The molecule has 1 unspecified atom stereocenters. The lowest BCUT2D eigenvalue weighted by atomic mass is 10.5. The summed E-state index contributed by atoms with van der Waals surface area (Å²) < 4.78 is 30.2. The van der Waals surface area contributed by atoms with E-state index in [4.69, 9.17) is 53.3 Å². The molecule has 18 heavy (non-hydrogen) atoms. The average Bonchev–Trinajstić information content (AvgIpc) is 2.31. The Balaban J connectivity index is 4.48. The lowest BCUT2D eigenvalue weighted by molar-refractivity contribution is 0.0567. The van der Waals surface area contributed by atoms with Crippen LogP contribution in [0.2, 0.25) is 0 Å². The molecule has 0 aromatic heterocycles. The minimum absolute atomic E-state index is 0.218. The van der Waals surface area contributed by atoms with E-state index in [1.165, 1.54) is 14.2 Å².